The van der Waals surface area contributed by atoms with E-state index in [1.165, 1.54) is 12.1 Å². The fourth-order valence-electron chi connectivity index (χ4n) is 4.72. The number of anilines is 2. The molecule has 3 heterocycles. The molecular formula is C29H26FN5OS. The van der Waals surface area contributed by atoms with Crippen molar-refractivity contribution in [2.75, 3.05) is 23.9 Å². The summed E-state index contributed by atoms with van der Waals surface area (Å²) in [5, 5.41) is 4.35. The van der Waals surface area contributed by atoms with Gasteiger partial charge in [-0.15, -0.1) is 0 Å². The lowest BCUT2D eigenvalue weighted by atomic mass is 10.1. The minimum atomic E-state index is -0.269. The summed E-state index contributed by atoms with van der Waals surface area (Å²) in [6.07, 6.45) is 3.80. The van der Waals surface area contributed by atoms with Crippen molar-refractivity contribution in [3.05, 3.63) is 90.2 Å². The summed E-state index contributed by atoms with van der Waals surface area (Å²) in [6, 6.07) is 22.7. The third-order valence-corrected chi connectivity index (χ3v) is 7.58. The number of para-hydroxylation sites is 2. The van der Waals surface area contributed by atoms with E-state index in [0.29, 0.717) is 5.88 Å². The monoisotopic (exact) mass is 511 g/mol. The summed E-state index contributed by atoms with van der Waals surface area (Å²) in [5.74, 6) is 2.47. The molecule has 0 unspecified atom stereocenters. The van der Waals surface area contributed by atoms with Gasteiger partial charge in [-0.05, 0) is 85.0 Å². The van der Waals surface area contributed by atoms with Crippen molar-refractivity contribution in [1.82, 2.24) is 14.5 Å². The Hall–Kier alpha value is -3.91. The number of thioether (sulfide) groups is 1. The zero-order valence-electron chi connectivity index (χ0n) is 20.4. The molecule has 37 heavy (non-hydrogen) atoms. The first-order valence-electron chi connectivity index (χ1n) is 12.3. The predicted octanol–water partition coefficient (Wildman–Crippen LogP) is 6.21. The number of benzene rings is 3. The molecule has 6 nitrogen and oxygen atoms in total. The average molecular weight is 512 g/mol. The van der Waals surface area contributed by atoms with Gasteiger partial charge in [-0.25, -0.2) is 14.4 Å². The summed E-state index contributed by atoms with van der Waals surface area (Å²) < 4.78 is 21.4. The van der Waals surface area contributed by atoms with Crippen LogP contribution in [0.5, 0.6) is 5.88 Å². The van der Waals surface area contributed by atoms with E-state index < -0.39 is 0 Å². The van der Waals surface area contributed by atoms with Crippen LogP contribution in [0.25, 0.3) is 28.1 Å². The number of pyridine rings is 1. The molecule has 0 spiro atoms. The maximum Gasteiger partial charge on any atom is 0.237 e. The highest BCUT2D eigenvalue weighted by molar-refractivity contribution is 7.99. The second kappa shape index (κ2) is 10.2. The van der Waals surface area contributed by atoms with Crippen LogP contribution in [0.1, 0.15) is 12.8 Å². The topological polar surface area (TPSA) is 64.3 Å². The first-order chi connectivity index (χ1) is 18.2. The minimum Gasteiger partial charge on any atom is -0.480 e. The average Bonchev–Trinajstić information content (AvgIpc) is 2.94. The fraction of sp³-hybridized carbons (Fsp3) is 0.207. The van der Waals surface area contributed by atoms with E-state index in [1.54, 1.807) is 25.4 Å². The summed E-state index contributed by atoms with van der Waals surface area (Å²) in [7, 11) is 1.61. The lowest BCUT2D eigenvalue weighted by molar-refractivity contribution is 0.400. The Bertz CT molecular complexity index is 1590. The molecule has 3 aliphatic rings. The van der Waals surface area contributed by atoms with Crippen LogP contribution in [0.15, 0.2) is 84.0 Å². The number of rotatable bonds is 5. The Labute approximate surface area is 218 Å². The molecule has 0 atom stereocenters. The van der Waals surface area contributed by atoms with Crippen LogP contribution in [-0.4, -0.2) is 39.2 Å². The van der Waals surface area contributed by atoms with Crippen molar-refractivity contribution in [3.8, 4) is 23.0 Å². The molecule has 0 saturated carbocycles. The summed E-state index contributed by atoms with van der Waals surface area (Å²) in [5.41, 5.74) is 5.94. The van der Waals surface area contributed by atoms with Crippen molar-refractivity contribution in [2.45, 2.75) is 18.9 Å². The van der Waals surface area contributed by atoms with Crippen LogP contribution in [0.3, 0.4) is 0 Å². The number of ether oxygens (including phenoxy) is 1. The van der Waals surface area contributed by atoms with Crippen molar-refractivity contribution >= 4 is 34.2 Å². The fourth-order valence-corrected chi connectivity index (χ4v) is 5.80. The third-order valence-electron chi connectivity index (χ3n) is 6.53. The van der Waals surface area contributed by atoms with Crippen molar-refractivity contribution in [3.63, 3.8) is 0 Å². The van der Waals surface area contributed by atoms with Gasteiger partial charge in [0, 0.05) is 11.9 Å². The Morgan fingerprint density at radius 2 is 1.81 bits per heavy atom. The number of aromatic nitrogens is 3. The SMILES string of the molecule is COc1ncccc1Nc1cc2nc3ccccc3n(-c3ccc(F)cc3)c-2c/c1=N\C1CCSCC1. The number of nitrogens with one attached hydrogen (secondary N) is 1. The zero-order chi connectivity index (χ0) is 25.2. The molecule has 6 rings (SSSR count). The highest BCUT2D eigenvalue weighted by atomic mass is 32.2. The molecule has 186 valence electrons. The number of fused-ring (bicyclic) bond motifs is 2. The van der Waals surface area contributed by atoms with Crippen LogP contribution in [0.2, 0.25) is 0 Å². The van der Waals surface area contributed by atoms with Crippen molar-refractivity contribution in [1.29, 1.82) is 0 Å². The number of hydrogen-bond acceptors (Lipinski definition) is 6. The van der Waals surface area contributed by atoms with E-state index in [4.69, 9.17) is 14.7 Å². The number of halogens is 1. The molecular weight excluding hydrogens is 485 g/mol. The second-order valence-corrected chi connectivity index (χ2v) is 10.2. The van der Waals surface area contributed by atoms with Gasteiger partial charge in [0.05, 0.1) is 46.6 Å². The van der Waals surface area contributed by atoms with Crippen molar-refractivity contribution in [2.24, 2.45) is 4.99 Å². The second-order valence-electron chi connectivity index (χ2n) is 8.93. The van der Waals surface area contributed by atoms with Crippen molar-refractivity contribution < 1.29 is 9.13 Å². The number of methoxy groups -OCH3 is 1. The van der Waals surface area contributed by atoms with Gasteiger partial charge < -0.3 is 14.6 Å². The van der Waals surface area contributed by atoms with Gasteiger partial charge in [0.1, 0.15) is 11.5 Å². The summed E-state index contributed by atoms with van der Waals surface area (Å²) in [6.45, 7) is 0. The summed E-state index contributed by atoms with van der Waals surface area (Å²) >= 11 is 1.98. The van der Waals surface area contributed by atoms with Gasteiger partial charge in [0.15, 0.2) is 0 Å². The van der Waals surface area contributed by atoms with E-state index in [1.807, 2.05) is 54.2 Å². The lowest BCUT2D eigenvalue weighted by Crippen LogP contribution is -2.20. The third kappa shape index (κ3) is 4.76. The first kappa shape index (κ1) is 23.5. The molecule has 1 fully saturated rings. The Morgan fingerprint density at radius 3 is 2.62 bits per heavy atom. The summed E-state index contributed by atoms with van der Waals surface area (Å²) in [4.78, 5) is 14.5. The molecule has 0 amide bonds. The number of nitrogens with zero attached hydrogens (tertiary/aromatic N) is 4. The van der Waals surface area contributed by atoms with Gasteiger partial charge in [-0.3, -0.25) is 4.99 Å². The van der Waals surface area contributed by atoms with E-state index in [9.17, 15) is 4.39 Å². The van der Waals surface area contributed by atoms with E-state index in [-0.39, 0.29) is 11.9 Å². The van der Waals surface area contributed by atoms with Crippen LogP contribution < -0.4 is 15.4 Å². The molecule has 1 saturated heterocycles. The molecule has 0 bridgehead atoms. The van der Waals surface area contributed by atoms with Gasteiger partial charge in [0.2, 0.25) is 5.88 Å². The quantitative estimate of drug-likeness (QED) is 0.284. The normalized spacial score (nSPS) is 14.8. The molecule has 8 heteroatoms. The Kier molecular flexibility index (Phi) is 6.49. The van der Waals surface area contributed by atoms with E-state index >= 15 is 0 Å². The van der Waals surface area contributed by atoms with E-state index in [2.05, 4.69) is 20.9 Å². The molecule has 2 aromatic carbocycles. The van der Waals surface area contributed by atoms with Crippen LogP contribution in [-0.2, 0) is 0 Å². The molecule has 2 aliphatic heterocycles. The predicted molar refractivity (Wildman–Crippen MR) is 148 cm³/mol. The van der Waals surface area contributed by atoms with Crippen LogP contribution in [0, 0.1) is 5.82 Å². The first-order valence-corrected chi connectivity index (χ1v) is 13.4. The Balaban J connectivity index is 1.62. The maximum atomic E-state index is 13.8. The highest BCUT2D eigenvalue weighted by Gasteiger charge is 2.19. The number of hydrogen-bond donors (Lipinski definition) is 1. The van der Waals surface area contributed by atoms with E-state index in [0.717, 1.165) is 69.2 Å². The molecule has 1 aliphatic carbocycles. The van der Waals surface area contributed by atoms with Crippen LogP contribution >= 0.6 is 11.8 Å². The molecule has 1 aromatic heterocycles. The van der Waals surface area contributed by atoms with Gasteiger partial charge in [-0.1, -0.05) is 12.1 Å². The Morgan fingerprint density at radius 1 is 1.00 bits per heavy atom. The highest BCUT2D eigenvalue weighted by Crippen LogP contribution is 2.32. The largest absolute Gasteiger partial charge is 0.480 e. The van der Waals surface area contributed by atoms with Gasteiger partial charge in [0.25, 0.3) is 0 Å². The van der Waals surface area contributed by atoms with Gasteiger partial charge in [-0.2, -0.15) is 11.8 Å². The molecule has 3 aromatic rings. The zero-order valence-corrected chi connectivity index (χ0v) is 21.2. The van der Waals surface area contributed by atoms with Crippen LogP contribution in [0.4, 0.5) is 15.8 Å². The maximum absolute atomic E-state index is 13.8. The van der Waals surface area contributed by atoms with Gasteiger partial charge >= 0.3 is 0 Å². The lowest BCUT2D eigenvalue weighted by Gasteiger charge is -2.22. The molecule has 1 N–H and O–H groups in total. The smallest absolute Gasteiger partial charge is 0.237 e. The molecule has 0 radical (unpaired) electrons. The standard InChI is InChI=1S/C29H26FN5OS/c1-36-29-23(6-4-14-31-29)34-24-17-26-28(18-25(24)32-20-12-15-37-16-13-20)35(21-10-8-19(30)9-11-21)27-7-3-2-5-22(27)33-26/h2-11,14,17-18,20,34H,12-13,15-16H2,1H3/b32-25+. The minimum absolute atomic E-state index is 0.253.